The highest BCUT2D eigenvalue weighted by molar-refractivity contribution is 5.94. The molecule has 3 heterocycles. The zero-order valence-electron chi connectivity index (χ0n) is 19.9. The third-order valence-corrected chi connectivity index (χ3v) is 6.47. The summed E-state index contributed by atoms with van der Waals surface area (Å²) in [6.07, 6.45) is 3.41. The smallest absolute Gasteiger partial charge is 0.253 e. The Hall–Kier alpha value is -2.87. The summed E-state index contributed by atoms with van der Waals surface area (Å²) in [5, 5.41) is 8.94. The zero-order chi connectivity index (χ0) is 23.0. The number of unbranched alkanes of at least 4 members (excludes halogenated alkanes) is 2. The Balaban J connectivity index is 1.25. The summed E-state index contributed by atoms with van der Waals surface area (Å²) in [5.74, 6) is 2.72. The van der Waals surface area contributed by atoms with Gasteiger partial charge in [0.05, 0.1) is 6.61 Å². The van der Waals surface area contributed by atoms with E-state index in [2.05, 4.69) is 51.0 Å². The molecule has 0 atom stereocenters. The molecule has 0 radical (unpaired) electrons. The molecule has 0 N–H and O–H groups in total. The van der Waals surface area contributed by atoms with Crippen molar-refractivity contribution in [1.29, 1.82) is 0 Å². The van der Waals surface area contributed by atoms with E-state index in [4.69, 9.17) is 4.74 Å². The molecule has 2 aliphatic heterocycles. The molecular formula is C25H36N6O2. The van der Waals surface area contributed by atoms with Crippen molar-refractivity contribution in [2.75, 3.05) is 75.8 Å². The molecule has 1 aromatic carbocycles. The van der Waals surface area contributed by atoms with Gasteiger partial charge in [-0.3, -0.25) is 4.79 Å². The lowest BCUT2D eigenvalue weighted by Crippen LogP contribution is -2.49. The number of hydrogen-bond acceptors (Lipinski definition) is 7. The van der Waals surface area contributed by atoms with E-state index in [1.54, 1.807) is 0 Å². The molecule has 2 aromatic rings. The molecule has 8 heteroatoms. The maximum atomic E-state index is 12.9. The maximum absolute atomic E-state index is 12.9. The van der Waals surface area contributed by atoms with Crippen LogP contribution < -0.4 is 14.5 Å². The van der Waals surface area contributed by atoms with Crippen molar-refractivity contribution in [1.82, 2.24) is 20.0 Å². The number of likely N-dealkylation sites (N-methyl/N-ethyl adjacent to an activating group) is 1. The number of amides is 1. The van der Waals surface area contributed by atoms with E-state index in [0.29, 0.717) is 18.7 Å². The summed E-state index contributed by atoms with van der Waals surface area (Å²) < 4.78 is 5.75. The molecule has 8 nitrogen and oxygen atoms in total. The topological polar surface area (TPSA) is 65.0 Å². The first kappa shape index (κ1) is 23.3. The van der Waals surface area contributed by atoms with Gasteiger partial charge in [0.25, 0.3) is 5.91 Å². The van der Waals surface area contributed by atoms with Gasteiger partial charge >= 0.3 is 0 Å². The molecule has 0 spiro atoms. The molecule has 0 saturated carbocycles. The summed E-state index contributed by atoms with van der Waals surface area (Å²) >= 11 is 0. The van der Waals surface area contributed by atoms with Gasteiger partial charge in [0.15, 0.2) is 11.6 Å². The Morgan fingerprint density at radius 2 is 1.39 bits per heavy atom. The molecule has 178 valence electrons. The lowest BCUT2D eigenvalue weighted by atomic mass is 10.1. The lowest BCUT2D eigenvalue weighted by molar-refractivity contribution is 0.0746. The molecule has 0 bridgehead atoms. The Labute approximate surface area is 197 Å². The summed E-state index contributed by atoms with van der Waals surface area (Å²) in [4.78, 5) is 21.7. The summed E-state index contributed by atoms with van der Waals surface area (Å²) in [6, 6.07) is 11.6. The van der Waals surface area contributed by atoms with Crippen LogP contribution in [0.5, 0.6) is 5.75 Å². The summed E-state index contributed by atoms with van der Waals surface area (Å²) in [6.45, 7) is 9.84. The molecular weight excluding hydrogens is 416 g/mol. The first-order valence-electron chi connectivity index (χ1n) is 12.2. The van der Waals surface area contributed by atoms with Gasteiger partial charge < -0.3 is 24.3 Å². The third kappa shape index (κ3) is 6.13. The molecule has 2 fully saturated rings. The van der Waals surface area contributed by atoms with Crippen LogP contribution in [-0.4, -0.2) is 91.9 Å². The number of nitrogens with zero attached hydrogens (tertiary/aromatic N) is 6. The minimum absolute atomic E-state index is 0.0729. The molecule has 0 unspecified atom stereocenters. The number of carbonyl (C=O) groups is 1. The molecule has 1 amide bonds. The van der Waals surface area contributed by atoms with Crippen molar-refractivity contribution < 1.29 is 9.53 Å². The summed E-state index contributed by atoms with van der Waals surface area (Å²) in [5.41, 5.74) is 0.709. The van der Waals surface area contributed by atoms with Crippen molar-refractivity contribution in [3.63, 3.8) is 0 Å². The highest BCUT2D eigenvalue weighted by Crippen LogP contribution is 2.19. The average molecular weight is 453 g/mol. The molecule has 2 saturated heterocycles. The first-order valence-corrected chi connectivity index (χ1v) is 12.2. The van der Waals surface area contributed by atoms with Crippen LogP contribution in [0.25, 0.3) is 0 Å². The molecule has 1 aromatic heterocycles. The largest absolute Gasteiger partial charge is 0.494 e. The van der Waals surface area contributed by atoms with Crippen molar-refractivity contribution in [3.05, 3.63) is 42.0 Å². The molecule has 0 aliphatic carbocycles. The number of aromatic nitrogens is 2. The number of piperazine rings is 2. The Morgan fingerprint density at radius 1 is 0.818 bits per heavy atom. The number of carbonyl (C=O) groups excluding carboxylic acids is 1. The Bertz CT molecular complexity index is 873. The number of ether oxygens (including phenoxy) is 1. The van der Waals surface area contributed by atoms with Gasteiger partial charge in [-0.15, -0.1) is 10.2 Å². The monoisotopic (exact) mass is 452 g/mol. The van der Waals surface area contributed by atoms with E-state index in [1.807, 2.05) is 29.2 Å². The molecule has 4 rings (SSSR count). The highest BCUT2D eigenvalue weighted by Gasteiger charge is 2.23. The highest BCUT2D eigenvalue weighted by atomic mass is 16.5. The second kappa shape index (κ2) is 11.3. The van der Waals surface area contributed by atoms with Gasteiger partial charge in [0.1, 0.15) is 5.75 Å². The van der Waals surface area contributed by atoms with Gasteiger partial charge in [0.2, 0.25) is 0 Å². The van der Waals surface area contributed by atoms with Crippen LogP contribution in [0, 0.1) is 0 Å². The van der Waals surface area contributed by atoms with Gasteiger partial charge in [-0.05, 0) is 49.9 Å². The number of rotatable bonds is 8. The minimum atomic E-state index is 0.0729. The predicted octanol–water partition coefficient (Wildman–Crippen LogP) is 2.76. The van der Waals surface area contributed by atoms with Crippen LogP contribution in [0.4, 0.5) is 11.6 Å². The molecule has 2 aliphatic rings. The lowest BCUT2D eigenvalue weighted by Gasteiger charge is -2.36. The van der Waals surface area contributed by atoms with Crippen LogP contribution >= 0.6 is 0 Å². The predicted molar refractivity (Wildman–Crippen MR) is 131 cm³/mol. The maximum Gasteiger partial charge on any atom is 0.253 e. The second-order valence-corrected chi connectivity index (χ2v) is 8.90. The van der Waals surface area contributed by atoms with Crippen LogP contribution in [0.15, 0.2) is 36.4 Å². The fraction of sp³-hybridized carbons (Fsp3) is 0.560. The summed E-state index contributed by atoms with van der Waals surface area (Å²) in [7, 11) is 2.15. The van der Waals surface area contributed by atoms with Crippen LogP contribution in [-0.2, 0) is 0 Å². The third-order valence-electron chi connectivity index (χ3n) is 6.47. The van der Waals surface area contributed by atoms with Crippen LogP contribution in [0.1, 0.15) is 36.5 Å². The van der Waals surface area contributed by atoms with Crippen LogP contribution in [0.3, 0.4) is 0 Å². The van der Waals surface area contributed by atoms with E-state index in [9.17, 15) is 4.79 Å². The second-order valence-electron chi connectivity index (χ2n) is 8.90. The van der Waals surface area contributed by atoms with Crippen molar-refractivity contribution >= 4 is 17.5 Å². The van der Waals surface area contributed by atoms with E-state index in [0.717, 1.165) is 69.7 Å². The zero-order valence-corrected chi connectivity index (χ0v) is 19.9. The van der Waals surface area contributed by atoms with E-state index in [-0.39, 0.29) is 5.91 Å². The standard InChI is InChI=1S/C25H36N6O2/c1-3-4-5-20-33-22-8-6-21(7-9-22)25(32)31-18-16-30(17-19-31)24-11-10-23(26-27-24)29-14-12-28(2)13-15-29/h6-11H,3-5,12-20H2,1-2H3. The van der Waals surface area contributed by atoms with E-state index >= 15 is 0 Å². The number of benzene rings is 1. The van der Waals surface area contributed by atoms with E-state index in [1.165, 1.54) is 12.8 Å². The fourth-order valence-corrected chi connectivity index (χ4v) is 4.25. The Morgan fingerprint density at radius 3 is 1.94 bits per heavy atom. The van der Waals surface area contributed by atoms with Gasteiger partial charge in [-0.2, -0.15) is 0 Å². The number of hydrogen-bond donors (Lipinski definition) is 0. The van der Waals surface area contributed by atoms with Crippen molar-refractivity contribution in [2.24, 2.45) is 0 Å². The van der Waals surface area contributed by atoms with Gasteiger partial charge in [-0.1, -0.05) is 19.8 Å². The minimum Gasteiger partial charge on any atom is -0.494 e. The van der Waals surface area contributed by atoms with Crippen molar-refractivity contribution in [3.8, 4) is 5.75 Å². The first-order chi connectivity index (χ1) is 16.1. The molecule has 33 heavy (non-hydrogen) atoms. The van der Waals surface area contributed by atoms with Crippen LogP contribution in [0.2, 0.25) is 0 Å². The van der Waals surface area contributed by atoms with Gasteiger partial charge in [0, 0.05) is 57.9 Å². The van der Waals surface area contributed by atoms with E-state index < -0.39 is 0 Å². The number of anilines is 2. The quantitative estimate of drug-likeness (QED) is 0.571. The Kier molecular flexibility index (Phi) is 7.99. The van der Waals surface area contributed by atoms with Crippen molar-refractivity contribution in [2.45, 2.75) is 26.2 Å². The fourth-order valence-electron chi connectivity index (χ4n) is 4.25. The average Bonchev–Trinajstić information content (AvgIpc) is 2.87. The SMILES string of the molecule is CCCCCOc1ccc(C(=O)N2CCN(c3ccc(N4CCN(C)CC4)nn3)CC2)cc1. The van der Waals surface area contributed by atoms with Gasteiger partial charge in [-0.25, -0.2) is 0 Å². The normalized spacial score (nSPS) is 17.3.